The van der Waals surface area contributed by atoms with Crippen LogP contribution in [0.3, 0.4) is 0 Å². The second kappa shape index (κ2) is 5.27. The van der Waals surface area contributed by atoms with Gasteiger partial charge >= 0.3 is 0 Å². The van der Waals surface area contributed by atoms with Gasteiger partial charge < -0.3 is 9.98 Å². The number of aromatic nitrogens is 1. The van der Waals surface area contributed by atoms with Crippen LogP contribution in [0.4, 0.5) is 0 Å². The van der Waals surface area contributed by atoms with Crippen molar-refractivity contribution in [2.45, 2.75) is 6.54 Å². The summed E-state index contributed by atoms with van der Waals surface area (Å²) >= 11 is 7.89. The van der Waals surface area contributed by atoms with Gasteiger partial charge in [0.05, 0.1) is 0 Å². The van der Waals surface area contributed by atoms with Crippen LogP contribution in [-0.4, -0.2) is 10.8 Å². The summed E-state index contributed by atoms with van der Waals surface area (Å²) in [5.41, 5.74) is 3.39. The summed E-state index contributed by atoms with van der Waals surface area (Å²) in [4.78, 5) is 0. The summed E-state index contributed by atoms with van der Waals surface area (Å²) in [6.45, 7) is 0.811. The first-order chi connectivity index (χ1) is 10.8. The highest BCUT2D eigenvalue weighted by atomic mass is 35.5. The predicted molar refractivity (Wildman–Crippen MR) is 95.8 cm³/mol. The van der Waals surface area contributed by atoms with Gasteiger partial charge in [0.15, 0.2) is 0 Å². The molecule has 4 rings (SSSR count). The van der Waals surface area contributed by atoms with Crippen molar-refractivity contribution in [3.05, 3.63) is 70.2 Å². The lowest BCUT2D eigenvalue weighted by molar-refractivity contribution is 0.846. The van der Waals surface area contributed by atoms with E-state index in [2.05, 4.69) is 34.3 Å². The smallest absolute Gasteiger partial charge is 0.0490 e. The van der Waals surface area contributed by atoms with Gasteiger partial charge in [-0.25, -0.2) is 0 Å². The molecule has 4 heteroatoms. The van der Waals surface area contributed by atoms with Crippen LogP contribution in [0.2, 0.25) is 5.02 Å². The molecule has 2 aromatic carbocycles. The van der Waals surface area contributed by atoms with Crippen molar-refractivity contribution in [3.63, 3.8) is 0 Å². The highest BCUT2D eigenvalue weighted by molar-refractivity contribution is 7.17. The minimum absolute atomic E-state index is 0.774. The highest BCUT2D eigenvalue weighted by Gasteiger charge is 2.08. The fourth-order valence-corrected chi connectivity index (χ4v) is 3.98. The van der Waals surface area contributed by atoms with E-state index in [9.17, 15) is 0 Å². The lowest BCUT2D eigenvalue weighted by Gasteiger charge is -2.06. The van der Waals surface area contributed by atoms with Gasteiger partial charge in [-0.3, -0.25) is 0 Å². The second-order valence-corrected chi connectivity index (χ2v) is 6.62. The number of hydrogen-bond acceptors (Lipinski definition) is 2. The Hall–Kier alpha value is -2.10. The standard InChI is InChI=1S/C18H13ClN2S/c19-14-4-5-18-16(8-14)13(11-22-18)10-21-7-6-15-12(9-20)2-1-3-17(15)21/h1-9,11,20H,10H2. The molecular weight excluding hydrogens is 312 g/mol. The maximum atomic E-state index is 7.52. The van der Waals surface area contributed by atoms with Crippen molar-refractivity contribution < 1.29 is 0 Å². The lowest BCUT2D eigenvalue weighted by Crippen LogP contribution is -1.97. The molecule has 22 heavy (non-hydrogen) atoms. The average Bonchev–Trinajstić information content (AvgIpc) is 3.12. The zero-order valence-corrected chi connectivity index (χ0v) is 13.3. The van der Waals surface area contributed by atoms with Crippen LogP contribution in [0.1, 0.15) is 11.1 Å². The zero-order chi connectivity index (χ0) is 15.1. The quantitative estimate of drug-likeness (QED) is 0.478. The van der Waals surface area contributed by atoms with E-state index in [0.29, 0.717) is 0 Å². The monoisotopic (exact) mass is 324 g/mol. The molecule has 1 N–H and O–H groups in total. The molecule has 4 aromatic rings. The molecule has 0 amide bonds. The van der Waals surface area contributed by atoms with E-state index in [1.165, 1.54) is 21.9 Å². The molecule has 0 aliphatic rings. The molecule has 0 bridgehead atoms. The minimum Gasteiger partial charge on any atom is -0.343 e. The molecule has 0 aliphatic carbocycles. The van der Waals surface area contributed by atoms with E-state index in [1.807, 2.05) is 24.3 Å². The van der Waals surface area contributed by atoms with E-state index in [4.69, 9.17) is 17.0 Å². The molecule has 0 aliphatic heterocycles. The van der Waals surface area contributed by atoms with E-state index in [1.54, 1.807) is 11.3 Å². The SMILES string of the molecule is N=Cc1cccc2c1ccn2Cc1csc2ccc(Cl)cc12. The second-order valence-electron chi connectivity index (χ2n) is 5.27. The van der Waals surface area contributed by atoms with Gasteiger partial charge in [0.2, 0.25) is 0 Å². The first-order valence-electron chi connectivity index (χ1n) is 7.00. The van der Waals surface area contributed by atoms with Gasteiger partial charge in [0.25, 0.3) is 0 Å². The van der Waals surface area contributed by atoms with Crippen molar-refractivity contribution in [3.8, 4) is 0 Å². The topological polar surface area (TPSA) is 28.8 Å². The molecule has 0 unspecified atom stereocenters. The summed E-state index contributed by atoms with van der Waals surface area (Å²) in [6, 6.07) is 14.2. The van der Waals surface area contributed by atoms with Gasteiger partial charge in [-0.2, -0.15) is 0 Å². The third-order valence-electron chi connectivity index (χ3n) is 3.96. The van der Waals surface area contributed by atoms with Crippen molar-refractivity contribution >= 4 is 50.1 Å². The molecular formula is C18H13ClN2S. The van der Waals surface area contributed by atoms with Gasteiger partial charge in [0, 0.05) is 45.1 Å². The van der Waals surface area contributed by atoms with Crippen LogP contribution in [0.5, 0.6) is 0 Å². The van der Waals surface area contributed by atoms with Crippen LogP contribution in [0.25, 0.3) is 21.0 Å². The number of hydrogen-bond donors (Lipinski definition) is 1. The first kappa shape index (κ1) is 13.6. The van der Waals surface area contributed by atoms with Crippen LogP contribution in [-0.2, 0) is 6.54 Å². The first-order valence-corrected chi connectivity index (χ1v) is 8.26. The Bertz CT molecular complexity index is 997. The van der Waals surface area contributed by atoms with Gasteiger partial charge in [-0.15, -0.1) is 11.3 Å². The number of nitrogens with zero attached hydrogens (tertiary/aromatic N) is 1. The number of thiophene rings is 1. The fraction of sp³-hybridized carbons (Fsp3) is 0.0556. The van der Waals surface area contributed by atoms with Crippen LogP contribution < -0.4 is 0 Å². The van der Waals surface area contributed by atoms with E-state index in [0.717, 1.165) is 28.0 Å². The van der Waals surface area contributed by atoms with Crippen LogP contribution in [0, 0.1) is 5.41 Å². The number of benzene rings is 2. The van der Waals surface area contributed by atoms with Crippen molar-refractivity contribution in [2.75, 3.05) is 0 Å². The summed E-state index contributed by atoms with van der Waals surface area (Å²) in [6.07, 6.45) is 3.50. The highest BCUT2D eigenvalue weighted by Crippen LogP contribution is 2.30. The Labute approximate surface area is 137 Å². The average molecular weight is 325 g/mol. The molecule has 108 valence electrons. The van der Waals surface area contributed by atoms with E-state index >= 15 is 0 Å². The summed E-state index contributed by atoms with van der Waals surface area (Å²) in [5.74, 6) is 0. The maximum absolute atomic E-state index is 7.52. The Morgan fingerprint density at radius 1 is 1.14 bits per heavy atom. The van der Waals surface area contributed by atoms with Crippen molar-refractivity contribution in [2.24, 2.45) is 0 Å². The molecule has 0 saturated heterocycles. The van der Waals surface area contributed by atoms with Crippen LogP contribution in [0.15, 0.2) is 54.0 Å². The molecule has 0 radical (unpaired) electrons. The number of nitrogens with one attached hydrogen (secondary N) is 1. The van der Waals surface area contributed by atoms with E-state index in [-0.39, 0.29) is 0 Å². The van der Waals surface area contributed by atoms with Crippen LogP contribution >= 0.6 is 22.9 Å². The largest absolute Gasteiger partial charge is 0.343 e. The summed E-state index contributed by atoms with van der Waals surface area (Å²) < 4.78 is 3.49. The maximum Gasteiger partial charge on any atom is 0.0490 e. The third-order valence-corrected chi connectivity index (χ3v) is 5.21. The molecule has 2 heterocycles. The Morgan fingerprint density at radius 2 is 2.05 bits per heavy atom. The normalized spacial score (nSPS) is 11.3. The number of halogens is 1. The fourth-order valence-electron chi connectivity index (χ4n) is 2.87. The number of fused-ring (bicyclic) bond motifs is 2. The predicted octanol–water partition coefficient (Wildman–Crippen LogP) is 5.56. The molecule has 2 aromatic heterocycles. The van der Waals surface area contributed by atoms with Crippen molar-refractivity contribution in [1.29, 1.82) is 5.41 Å². The van der Waals surface area contributed by atoms with Gasteiger partial charge in [-0.1, -0.05) is 23.7 Å². The molecule has 2 nitrogen and oxygen atoms in total. The van der Waals surface area contributed by atoms with Gasteiger partial charge in [-0.05, 0) is 46.7 Å². The number of rotatable bonds is 3. The molecule has 0 atom stereocenters. The molecule has 0 spiro atoms. The van der Waals surface area contributed by atoms with E-state index < -0.39 is 0 Å². The summed E-state index contributed by atoms with van der Waals surface area (Å²) in [7, 11) is 0. The Kier molecular flexibility index (Phi) is 3.25. The van der Waals surface area contributed by atoms with Crippen molar-refractivity contribution in [1.82, 2.24) is 4.57 Å². The summed E-state index contributed by atoms with van der Waals surface area (Å²) in [5, 5.41) is 12.8. The van der Waals surface area contributed by atoms with Gasteiger partial charge in [0.1, 0.15) is 0 Å². The minimum atomic E-state index is 0.774. The molecule has 0 fully saturated rings. The third kappa shape index (κ3) is 2.14. The lowest BCUT2D eigenvalue weighted by atomic mass is 10.1. The Balaban J connectivity index is 1.83. The molecule has 0 saturated carbocycles. The zero-order valence-electron chi connectivity index (χ0n) is 11.7. The Morgan fingerprint density at radius 3 is 2.91 bits per heavy atom.